The summed E-state index contributed by atoms with van der Waals surface area (Å²) in [4.78, 5) is 0. The molecule has 0 radical (unpaired) electrons. The SMILES string of the molecule is CCC1CC(n2nc(C)c(I)c2N)CCO1. The number of aromatic nitrogens is 2. The van der Waals surface area contributed by atoms with Gasteiger partial charge in [-0.05, 0) is 48.8 Å². The van der Waals surface area contributed by atoms with Crippen LogP contribution in [0.1, 0.15) is 37.9 Å². The first-order chi connectivity index (χ1) is 7.63. The molecule has 1 aromatic rings. The molecule has 1 fully saturated rings. The van der Waals surface area contributed by atoms with Crippen molar-refractivity contribution in [2.45, 2.75) is 45.3 Å². The number of nitrogens with two attached hydrogens (primary N) is 1. The van der Waals surface area contributed by atoms with Crippen LogP contribution < -0.4 is 5.73 Å². The number of ether oxygens (including phenoxy) is 1. The first kappa shape index (κ1) is 12.2. The van der Waals surface area contributed by atoms with Gasteiger partial charge in [0.25, 0.3) is 0 Å². The van der Waals surface area contributed by atoms with Crippen molar-refractivity contribution in [3.05, 3.63) is 9.26 Å². The van der Waals surface area contributed by atoms with Crippen LogP contribution >= 0.6 is 22.6 Å². The quantitative estimate of drug-likeness (QED) is 0.845. The van der Waals surface area contributed by atoms with Gasteiger partial charge in [-0.1, -0.05) is 6.92 Å². The second kappa shape index (κ2) is 4.91. The average Bonchev–Trinajstić information content (AvgIpc) is 2.57. The van der Waals surface area contributed by atoms with Crippen LogP contribution in [-0.2, 0) is 4.74 Å². The number of aryl methyl sites for hydroxylation is 1. The smallest absolute Gasteiger partial charge is 0.135 e. The van der Waals surface area contributed by atoms with Crippen LogP contribution in [0.5, 0.6) is 0 Å². The van der Waals surface area contributed by atoms with Crippen LogP contribution in [0.3, 0.4) is 0 Å². The monoisotopic (exact) mass is 335 g/mol. The Labute approximate surface area is 110 Å². The fraction of sp³-hybridized carbons (Fsp3) is 0.727. The summed E-state index contributed by atoms with van der Waals surface area (Å²) in [7, 11) is 0. The van der Waals surface area contributed by atoms with Gasteiger partial charge in [0.15, 0.2) is 0 Å². The Morgan fingerprint density at radius 2 is 2.38 bits per heavy atom. The van der Waals surface area contributed by atoms with E-state index in [1.165, 1.54) is 0 Å². The van der Waals surface area contributed by atoms with E-state index in [4.69, 9.17) is 10.5 Å². The summed E-state index contributed by atoms with van der Waals surface area (Å²) in [6, 6.07) is 0.404. The number of nitrogens with zero attached hydrogens (tertiary/aromatic N) is 2. The number of rotatable bonds is 2. The maximum atomic E-state index is 6.07. The Bertz CT molecular complexity index is 378. The molecular formula is C11H18IN3O. The van der Waals surface area contributed by atoms with Gasteiger partial charge < -0.3 is 10.5 Å². The van der Waals surface area contributed by atoms with Crippen LogP contribution in [0, 0.1) is 10.5 Å². The van der Waals surface area contributed by atoms with Gasteiger partial charge in [-0.3, -0.25) is 0 Å². The van der Waals surface area contributed by atoms with Gasteiger partial charge in [0.1, 0.15) is 5.82 Å². The fourth-order valence-electron chi connectivity index (χ4n) is 2.19. The normalized spacial score (nSPS) is 25.9. The van der Waals surface area contributed by atoms with Gasteiger partial charge >= 0.3 is 0 Å². The molecule has 2 rings (SSSR count). The molecule has 0 aromatic carbocycles. The lowest BCUT2D eigenvalue weighted by Crippen LogP contribution is -2.28. The van der Waals surface area contributed by atoms with Crippen molar-refractivity contribution in [3.8, 4) is 0 Å². The van der Waals surface area contributed by atoms with E-state index in [1.54, 1.807) is 0 Å². The first-order valence-corrected chi connectivity index (χ1v) is 6.83. The first-order valence-electron chi connectivity index (χ1n) is 5.75. The predicted molar refractivity (Wildman–Crippen MR) is 72.4 cm³/mol. The highest BCUT2D eigenvalue weighted by atomic mass is 127. The lowest BCUT2D eigenvalue weighted by atomic mass is 10.0. The van der Waals surface area contributed by atoms with Crippen molar-refractivity contribution in [1.29, 1.82) is 0 Å². The van der Waals surface area contributed by atoms with E-state index in [9.17, 15) is 0 Å². The number of hydrogen-bond acceptors (Lipinski definition) is 3. The topological polar surface area (TPSA) is 53.1 Å². The Kier molecular flexibility index (Phi) is 3.73. The molecule has 2 heterocycles. The second-order valence-electron chi connectivity index (χ2n) is 4.31. The van der Waals surface area contributed by atoms with Crippen LogP contribution in [0.4, 0.5) is 5.82 Å². The molecule has 0 saturated carbocycles. The van der Waals surface area contributed by atoms with Gasteiger partial charge in [0.2, 0.25) is 0 Å². The maximum Gasteiger partial charge on any atom is 0.135 e. The number of hydrogen-bond donors (Lipinski definition) is 1. The summed E-state index contributed by atoms with van der Waals surface area (Å²) < 4.78 is 8.74. The summed E-state index contributed by atoms with van der Waals surface area (Å²) in [6.45, 7) is 4.98. The molecule has 4 nitrogen and oxygen atoms in total. The van der Waals surface area contributed by atoms with Crippen molar-refractivity contribution in [3.63, 3.8) is 0 Å². The van der Waals surface area contributed by atoms with E-state index in [-0.39, 0.29) is 0 Å². The summed E-state index contributed by atoms with van der Waals surface area (Å²) in [5.41, 5.74) is 7.10. The van der Waals surface area contributed by atoms with Gasteiger partial charge in [0, 0.05) is 6.61 Å². The van der Waals surface area contributed by atoms with Gasteiger partial charge in [-0.25, -0.2) is 4.68 Å². The third-order valence-electron chi connectivity index (χ3n) is 3.19. The molecule has 0 amide bonds. The summed E-state index contributed by atoms with van der Waals surface area (Å²) in [6.07, 6.45) is 3.46. The number of halogens is 1. The number of nitrogen functional groups attached to an aromatic ring is 1. The Morgan fingerprint density at radius 1 is 1.62 bits per heavy atom. The van der Waals surface area contributed by atoms with E-state index in [0.29, 0.717) is 12.1 Å². The molecule has 90 valence electrons. The molecule has 1 saturated heterocycles. The average molecular weight is 335 g/mol. The van der Waals surface area contributed by atoms with Crippen molar-refractivity contribution < 1.29 is 4.74 Å². The molecule has 5 heteroatoms. The van der Waals surface area contributed by atoms with E-state index in [0.717, 1.165) is 41.0 Å². The third kappa shape index (κ3) is 2.20. The summed E-state index contributed by atoms with van der Waals surface area (Å²) in [5.74, 6) is 0.805. The molecule has 1 aliphatic heterocycles. The standard InChI is InChI=1S/C11H18IN3O/c1-3-9-6-8(4-5-16-9)15-11(13)10(12)7(2)14-15/h8-9H,3-6,13H2,1-2H3. The van der Waals surface area contributed by atoms with Gasteiger partial charge in [-0.15, -0.1) is 0 Å². The molecule has 0 aliphatic carbocycles. The summed E-state index contributed by atoms with van der Waals surface area (Å²) >= 11 is 2.26. The van der Waals surface area contributed by atoms with Gasteiger partial charge in [-0.2, -0.15) is 5.10 Å². The molecule has 16 heavy (non-hydrogen) atoms. The van der Waals surface area contributed by atoms with Crippen LogP contribution in [0.2, 0.25) is 0 Å². The zero-order valence-corrected chi connectivity index (χ0v) is 11.9. The largest absolute Gasteiger partial charge is 0.383 e. The van der Waals surface area contributed by atoms with E-state index in [1.807, 2.05) is 11.6 Å². The Morgan fingerprint density at radius 3 is 2.94 bits per heavy atom. The molecule has 1 aromatic heterocycles. The van der Waals surface area contributed by atoms with Crippen molar-refractivity contribution in [1.82, 2.24) is 9.78 Å². The number of anilines is 1. The van der Waals surface area contributed by atoms with Crippen LogP contribution in [0.15, 0.2) is 0 Å². The highest BCUT2D eigenvalue weighted by Gasteiger charge is 2.25. The van der Waals surface area contributed by atoms with E-state index < -0.39 is 0 Å². The molecular weight excluding hydrogens is 317 g/mol. The second-order valence-corrected chi connectivity index (χ2v) is 5.39. The lowest BCUT2D eigenvalue weighted by Gasteiger charge is -2.29. The highest BCUT2D eigenvalue weighted by Crippen LogP contribution is 2.30. The molecule has 1 aliphatic rings. The molecule has 0 spiro atoms. The minimum Gasteiger partial charge on any atom is -0.383 e. The zero-order chi connectivity index (χ0) is 11.7. The fourth-order valence-corrected chi connectivity index (χ4v) is 2.55. The lowest BCUT2D eigenvalue weighted by molar-refractivity contribution is -0.00899. The zero-order valence-electron chi connectivity index (χ0n) is 9.74. The maximum absolute atomic E-state index is 6.07. The van der Waals surface area contributed by atoms with Crippen molar-refractivity contribution >= 4 is 28.4 Å². The Hall–Kier alpha value is -0.300. The van der Waals surface area contributed by atoms with Crippen LogP contribution in [0.25, 0.3) is 0 Å². The Balaban J connectivity index is 2.20. The predicted octanol–water partition coefficient (Wildman–Crippen LogP) is 2.51. The molecule has 2 atom stereocenters. The summed E-state index contributed by atoms with van der Waals surface area (Å²) in [5, 5.41) is 4.53. The van der Waals surface area contributed by atoms with Crippen molar-refractivity contribution in [2.75, 3.05) is 12.3 Å². The minimum atomic E-state index is 0.361. The molecule has 2 unspecified atom stereocenters. The van der Waals surface area contributed by atoms with Crippen LogP contribution in [-0.4, -0.2) is 22.5 Å². The van der Waals surface area contributed by atoms with E-state index >= 15 is 0 Å². The van der Waals surface area contributed by atoms with Gasteiger partial charge in [0.05, 0.1) is 21.4 Å². The minimum absolute atomic E-state index is 0.361. The van der Waals surface area contributed by atoms with E-state index in [2.05, 4.69) is 34.6 Å². The molecule has 0 bridgehead atoms. The third-order valence-corrected chi connectivity index (χ3v) is 4.52. The van der Waals surface area contributed by atoms with Crippen molar-refractivity contribution in [2.24, 2.45) is 0 Å². The highest BCUT2D eigenvalue weighted by molar-refractivity contribution is 14.1. The molecule has 2 N–H and O–H groups in total.